The second-order valence-electron chi connectivity index (χ2n) is 5.41. The fraction of sp³-hybridized carbons (Fsp3) is 0.375. The van der Waals surface area contributed by atoms with Crippen LogP contribution in [0.5, 0.6) is 5.75 Å². The maximum absolute atomic E-state index is 11.4. The molecule has 0 aromatic heterocycles. The Labute approximate surface area is 119 Å². The Hall–Kier alpha value is -2.10. The number of benzene rings is 1. The van der Waals surface area contributed by atoms with Crippen LogP contribution in [0, 0.1) is 6.92 Å². The predicted molar refractivity (Wildman–Crippen MR) is 77.0 cm³/mol. The summed E-state index contributed by atoms with van der Waals surface area (Å²) in [5, 5.41) is 0. The number of hydrogen-bond acceptors (Lipinski definition) is 4. The van der Waals surface area contributed by atoms with Crippen LogP contribution in [0.25, 0.3) is 0 Å². The third kappa shape index (κ3) is 5.69. The van der Waals surface area contributed by atoms with Crippen LogP contribution in [0.4, 0.5) is 0 Å². The monoisotopic (exact) mass is 276 g/mol. The summed E-state index contributed by atoms with van der Waals surface area (Å²) >= 11 is 0. The van der Waals surface area contributed by atoms with Crippen LogP contribution in [0.1, 0.15) is 36.7 Å². The first-order valence-electron chi connectivity index (χ1n) is 6.40. The Bertz CT molecular complexity index is 510. The third-order valence-electron chi connectivity index (χ3n) is 2.29. The fourth-order valence-corrected chi connectivity index (χ4v) is 1.51. The average Bonchev–Trinajstić information content (AvgIpc) is 2.33. The molecule has 0 aliphatic rings. The second kappa shape index (κ2) is 6.89. The van der Waals surface area contributed by atoms with Gasteiger partial charge in [-0.2, -0.15) is 0 Å². The zero-order valence-corrected chi connectivity index (χ0v) is 12.3. The van der Waals surface area contributed by atoms with E-state index < -0.39 is 11.6 Å². The summed E-state index contributed by atoms with van der Waals surface area (Å²) in [6.07, 6.45) is 3.63. The van der Waals surface area contributed by atoms with Crippen molar-refractivity contribution >= 4 is 12.3 Å². The topological polar surface area (TPSA) is 52.6 Å². The zero-order valence-electron chi connectivity index (χ0n) is 12.3. The number of carbonyl (C=O) groups is 2. The number of carbonyl (C=O) groups excluding carboxylic acids is 2. The lowest BCUT2D eigenvalue weighted by atomic mass is 10.1. The lowest BCUT2D eigenvalue weighted by Crippen LogP contribution is -2.22. The predicted octanol–water partition coefficient (Wildman–Crippen LogP) is 3.08. The zero-order chi connectivity index (χ0) is 15.2. The van der Waals surface area contributed by atoms with Crippen LogP contribution in [-0.2, 0) is 9.53 Å². The van der Waals surface area contributed by atoms with Crippen molar-refractivity contribution in [1.29, 1.82) is 0 Å². The van der Waals surface area contributed by atoms with Gasteiger partial charge in [-0.25, -0.2) is 4.79 Å². The minimum absolute atomic E-state index is 0.198. The van der Waals surface area contributed by atoms with Crippen LogP contribution in [0.2, 0.25) is 0 Å². The van der Waals surface area contributed by atoms with E-state index in [0.29, 0.717) is 11.3 Å². The molecule has 0 saturated heterocycles. The van der Waals surface area contributed by atoms with Crippen molar-refractivity contribution in [2.45, 2.75) is 33.3 Å². The first-order chi connectivity index (χ1) is 9.31. The van der Waals surface area contributed by atoms with Gasteiger partial charge < -0.3 is 9.47 Å². The number of hydrogen-bond donors (Lipinski definition) is 0. The van der Waals surface area contributed by atoms with Crippen molar-refractivity contribution < 1.29 is 19.1 Å². The summed E-state index contributed by atoms with van der Waals surface area (Å²) < 4.78 is 10.6. The molecule has 0 N–H and O–H groups in total. The third-order valence-corrected chi connectivity index (χ3v) is 2.29. The van der Waals surface area contributed by atoms with Crippen LogP contribution < -0.4 is 4.74 Å². The second-order valence-corrected chi connectivity index (χ2v) is 5.41. The van der Waals surface area contributed by atoms with Gasteiger partial charge in [0.25, 0.3) is 0 Å². The number of rotatable bonds is 5. The molecule has 0 radical (unpaired) electrons. The van der Waals surface area contributed by atoms with Crippen LogP contribution in [0.3, 0.4) is 0 Å². The molecular weight excluding hydrogens is 256 g/mol. The molecule has 0 amide bonds. The molecule has 0 atom stereocenters. The fourth-order valence-electron chi connectivity index (χ4n) is 1.51. The number of aldehydes is 1. The van der Waals surface area contributed by atoms with Gasteiger partial charge in [0, 0.05) is 6.08 Å². The van der Waals surface area contributed by atoms with E-state index in [1.807, 2.05) is 13.0 Å². The molecule has 4 nitrogen and oxygen atoms in total. The van der Waals surface area contributed by atoms with Gasteiger partial charge in [0.1, 0.15) is 18.0 Å². The van der Waals surface area contributed by atoms with Gasteiger partial charge >= 0.3 is 5.97 Å². The van der Waals surface area contributed by atoms with E-state index in [9.17, 15) is 9.59 Å². The van der Waals surface area contributed by atoms with Crippen molar-refractivity contribution in [1.82, 2.24) is 0 Å². The van der Waals surface area contributed by atoms with Gasteiger partial charge in [0.05, 0.1) is 5.56 Å². The smallest absolute Gasteiger partial charge is 0.331 e. The molecule has 0 bridgehead atoms. The van der Waals surface area contributed by atoms with Gasteiger partial charge in [-0.15, -0.1) is 0 Å². The number of ether oxygens (including phenoxy) is 2. The highest BCUT2D eigenvalue weighted by molar-refractivity contribution is 5.82. The number of esters is 1. The molecule has 0 spiro atoms. The van der Waals surface area contributed by atoms with E-state index in [-0.39, 0.29) is 6.61 Å². The Morgan fingerprint density at radius 2 is 2.00 bits per heavy atom. The molecular formula is C16H20O4. The molecule has 1 aromatic rings. The van der Waals surface area contributed by atoms with Crippen LogP contribution >= 0.6 is 0 Å². The standard InChI is InChI=1S/C16H20O4/c1-12-7-8-14(13(10-12)11-17)19-9-5-6-15(18)20-16(2,3)4/h5-8,10-11H,9H2,1-4H3/b6-5+. The molecule has 0 aliphatic carbocycles. The quantitative estimate of drug-likeness (QED) is 0.471. The summed E-state index contributed by atoms with van der Waals surface area (Å²) in [6, 6.07) is 5.35. The van der Waals surface area contributed by atoms with Crippen molar-refractivity contribution in [2.75, 3.05) is 6.61 Å². The van der Waals surface area contributed by atoms with E-state index in [1.165, 1.54) is 6.08 Å². The van der Waals surface area contributed by atoms with Gasteiger partial charge in [-0.05, 0) is 45.9 Å². The molecule has 1 aromatic carbocycles. The molecule has 4 heteroatoms. The Morgan fingerprint density at radius 1 is 1.30 bits per heavy atom. The van der Waals surface area contributed by atoms with E-state index in [2.05, 4.69) is 0 Å². The SMILES string of the molecule is Cc1ccc(OC/C=C/C(=O)OC(C)(C)C)c(C=O)c1. The molecule has 0 saturated carbocycles. The highest BCUT2D eigenvalue weighted by atomic mass is 16.6. The van der Waals surface area contributed by atoms with Crippen molar-refractivity contribution in [3.63, 3.8) is 0 Å². The molecule has 108 valence electrons. The Morgan fingerprint density at radius 3 is 2.60 bits per heavy atom. The minimum atomic E-state index is -0.510. The van der Waals surface area contributed by atoms with Gasteiger partial charge in [0.2, 0.25) is 0 Å². The molecule has 0 fully saturated rings. The van der Waals surface area contributed by atoms with Crippen molar-refractivity contribution in [2.24, 2.45) is 0 Å². The molecule has 0 unspecified atom stereocenters. The molecule has 0 heterocycles. The summed E-state index contributed by atoms with van der Waals surface area (Å²) in [4.78, 5) is 22.3. The van der Waals surface area contributed by atoms with E-state index in [0.717, 1.165) is 11.8 Å². The average molecular weight is 276 g/mol. The van der Waals surface area contributed by atoms with E-state index >= 15 is 0 Å². The van der Waals surface area contributed by atoms with E-state index in [1.54, 1.807) is 39.0 Å². The van der Waals surface area contributed by atoms with E-state index in [4.69, 9.17) is 9.47 Å². The molecule has 20 heavy (non-hydrogen) atoms. The lowest BCUT2D eigenvalue weighted by molar-refractivity contribution is -0.148. The van der Waals surface area contributed by atoms with Gasteiger partial charge in [-0.3, -0.25) is 4.79 Å². The minimum Gasteiger partial charge on any atom is -0.489 e. The van der Waals surface area contributed by atoms with Gasteiger partial charge in [0.15, 0.2) is 6.29 Å². The summed E-state index contributed by atoms with van der Waals surface area (Å²) in [5.74, 6) is 0.0834. The maximum atomic E-state index is 11.4. The molecule has 1 rings (SSSR count). The largest absolute Gasteiger partial charge is 0.489 e. The summed E-state index contributed by atoms with van der Waals surface area (Å²) in [6.45, 7) is 7.51. The molecule has 0 aliphatic heterocycles. The van der Waals surface area contributed by atoms with Gasteiger partial charge in [-0.1, -0.05) is 11.6 Å². The Balaban J connectivity index is 2.52. The number of aryl methyl sites for hydroxylation is 1. The van der Waals surface area contributed by atoms with Crippen LogP contribution in [-0.4, -0.2) is 24.5 Å². The summed E-state index contributed by atoms with van der Waals surface area (Å²) in [5.41, 5.74) is 0.976. The first-order valence-corrected chi connectivity index (χ1v) is 6.40. The van der Waals surface area contributed by atoms with Crippen molar-refractivity contribution in [3.8, 4) is 5.75 Å². The normalized spacial score (nSPS) is 11.4. The lowest BCUT2D eigenvalue weighted by Gasteiger charge is -2.17. The maximum Gasteiger partial charge on any atom is 0.331 e. The van der Waals surface area contributed by atoms with Crippen molar-refractivity contribution in [3.05, 3.63) is 41.5 Å². The Kier molecular flexibility index (Phi) is 5.50. The van der Waals surface area contributed by atoms with Crippen LogP contribution in [0.15, 0.2) is 30.4 Å². The summed E-state index contributed by atoms with van der Waals surface area (Å²) in [7, 11) is 0. The highest BCUT2D eigenvalue weighted by Crippen LogP contribution is 2.18. The first kappa shape index (κ1) is 16.0. The highest BCUT2D eigenvalue weighted by Gasteiger charge is 2.13.